The zero-order chi connectivity index (χ0) is 22.8. The van der Waals surface area contributed by atoms with E-state index in [2.05, 4.69) is 29.7 Å². The molecule has 0 fully saturated rings. The molecule has 2 N–H and O–H groups in total. The third-order valence-electron chi connectivity index (χ3n) is 6.34. The molecule has 0 amide bonds. The van der Waals surface area contributed by atoms with E-state index >= 15 is 0 Å². The highest BCUT2D eigenvalue weighted by atomic mass is 35.5. The van der Waals surface area contributed by atoms with Crippen molar-refractivity contribution in [3.8, 4) is 5.75 Å². The van der Waals surface area contributed by atoms with E-state index in [0.29, 0.717) is 18.1 Å². The van der Waals surface area contributed by atoms with Crippen LogP contribution in [0, 0.1) is 0 Å². The van der Waals surface area contributed by atoms with Crippen LogP contribution in [0.1, 0.15) is 49.3 Å². The summed E-state index contributed by atoms with van der Waals surface area (Å²) in [5.41, 5.74) is 5.78. The van der Waals surface area contributed by atoms with E-state index in [-0.39, 0.29) is 17.7 Å². The van der Waals surface area contributed by atoms with Crippen molar-refractivity contribution in [1.82, 2.24) is 0 Å². The second-order valence-electron chi connectivity index (χ2n) is 8.61. The van der Waals surface area contributed by atoms with Gasteiger partial charge in [-0.05, 0) is 60.2 Å². The van der Waals surface area contributed by atoms with Crippen molar-refractivity contribution in [2.24, 2.45) is 0 Å². The zero-order valence-electron chi connectivity index (χ0n) is 18.6. The van der Waals surface area contributed by atoms with Gasteiger partial charge >= 0.3 is 0 Å². The number of hydrogen-bond acceptors (Lipinski definition) is 4. The highest BCUT2D eigenvalue weighted by Crippen LogP contribution is 2.45. The van der Waals surface area contributed by atoms with Crippen LogP contribution in [0.3, 0.4) is 0 Å². The molecule has 0 saturated carbocycles. The number of fused-ring (bicyclic) bond motifs is 1. The van der Waals surface area contributed by atoms with Crippen molar-refractivity contribution < 1.29 is 9.53 Å². The van der Waals surface area contributed by atoms with Gasteiger partial charge in [0.05, 0.1) is 24.0 Å². The maximum Gasteiger partial charge on any atom is 0.163 e. The summed E-state index contributed by atoms with van der Waals surface area (Å²) in [5, 5.41) is 7.92. The molecule has 168 valence electrons. The molecular weight excluding hydrogens is 432 g/mol. The van der Waals surface area contributed by atoms with Gasteiger partial charge in [0.2, 0.25) is 0 Å². The summed E-state index contributed by atoms with van der Waals surface area (Å²) in [7, 11) is 0. The molecule has 2 aliphatic rings. The predicted octanol–water partition coefficient (Wildman–Crippen LogP) is 7.11. The van der Waals surface area contributed by atoms with Gasteiger partial charge in [-0.3, -0.25) is 4.79 Å². The van der Waals surface area contributed by atoms with Gasteiger partial charge in [0.25, 0.3) is 0 Å². The maximum atomic E-state index is 13.6. The topological polar surface area (TPSA) is 50.4 Å². The molecule has 0 radical (unpaired) electrons. The van der Waals surface area contributed by atoms with E-state index < -0.39 is 0 Å². The summed E-state index contributed by atoms with van der Waals surface area (Å²) in [6.45, 7) is 2.78. The van der Waals surface area contributed by atoms with Gasteiger partial charge in [-0.15, -0.1) is 0 Å². The van der Waals surface area contributed by atoms with Crippen molar-refractivity contribution in [2.45, 2.75) is 38.1 Å². The highest BCUT2D eigenvalue weighted by molar-refractivity contribution is 6.31. The average Bonchev–Trinajstić information content (AvgIpc) is 3.00. The van der Waals surface area contributed by atoms with E-state index in [1.165, 1.54) is 0 Å². The number of carbonyl (C=O) groups excluding carboxylic acids is 1. The molecule has 33 heavy (non-hydrogen) atoms. The molecular formula is C28H27ClN2O2. The summed E-state index contributed by atoms with van der Waals surface area (Å²) in [6, 6.07) is 23.8. The van der Waals surface area contributed by atoms with Crippen LogP contribution in [0.4, 0.5) is 11.4 Å². The van der Waals surface area contributed by atoms with Gasteiger partial charge in [0.1, 0.15) is 5.75 Å². The SMILES string of the molecule is CCCOc1ccc(C2Nc3ccccc3NC3=C2C(=O)CC(c2ccccc2Cl)C3)cc1. The molecule has 1 aliphatic carbocycles. The number of halogens is 1. The summed E-state index contributed by atoms with van der Waals surface area (Å²) >= 11 is 6.50. The van der Waals surface area contributed by atoms with Crippen LogP contribution in [-0.2, 0) is 4.79 Å². The number of ketones is 1. The molecule has 2 unspecified atom stereocenters. The first-order valence-corrected chi connectivity index (χ1v) is 11.9. The molecule has 2 atom stereocenters. The average molecular weight is 459 g/mol. The molecule has 1 heterocycles. The predicted molar refractivity (Wildman–Crippen MR) is 134 cm³/mol. The fraction of sp³-hybridized carbons (Fsp3) is 0.250. The number of Topliss-reactive ketones (excluding diaryl/α,β-unsaturated/α-hetero) is 1. The second-order valence-corrected chi connectivity index (χ2v) is 9.01. The summed E-state index contributed by atoms with van der Waals surface area (Å²) in [6.07, 6.45) is 2.14. The molecule has 4 nitrogen and oxygen atoms in total. The van der Waals surface area contributed by atoms with Crippen molar-refractivity contribution in [2.75, 3.05) is 17.2 Å². The number of carbonyl (C=O) groups is 1. The summed E-state index contributed by atoms with van der Waals surface area (Å²) in [5.74, 6) is 1.04. The highest BCUT2D eigenvalue weighted by Gasteiger charge is 2.36. The number of ether oxygens (including phenoxy) is 1. The van der Waals surface area contributed by atoms with Crippen molar-refractivity contribution in [1.29, 1.82) is 0 Å². The van der Waals surface area contributed by atoms with Crippen LogP contribution in [0.25, 0.3) is 0 Å². The quantitative estimate of drug-likeness (QED) is 0.427. The number of nitrogens with one attached hydrogen (secondary N) is 2. The van der Waals surface area contributed by atoms with Crippen molar-refractivity contribution in [3.63, 3.8) is 0 Å². The lowest BCUT2D eigenvalue weighted by Crippen LogP contribution is -2.27. The summed E-state index contributed by atoms with van der Waals surface area (Å²) < 4.78 is 5.76. The molecule has 0 spiro atoms. The smallest absolute Gasteiger partial charge is 0.163 e. The van der Waals surface area contributed by atoms with Crippen LogP contribution in [0.2, 0.25) is 5.02 Å². The molecule has 1 aliphatic heterocycles. The number of hydrogen-bond donors (Lipinski definition) is 2. The Balaban J connectivity index is 1.55. The summed E-state index contributed by atoms with van der Waals surface area (Å²) in [4.78, 5) is 13.6. The van der Waals surface area contributed by atoms with E-state index in [1.54, 1.807) is 0 Å². The molecule has 5 heteroatoms. The lowest BCUT2D eigenvalue weighted by Gasteiger charge is -2.30. The fourth-order valence-electron chi connectivity index (χ4n) is 4.74. The monoisotopic (exact) mass is 458 g/mol. The van der Waals surface area contributed by atoms with E-state index in [4.69, 9.17) is 16.3 Å². The van der Waals surface area contributed by atoms with Gasteiger partial charge < -0.3 is 15.4 Å². The Labute approximate surface area is 199 Å². The molecule has 5 rings (SSSR count). The Morgan fingerprint density at radius 1 is 0.939 bits per heavy atom. The Hall–Kier alpha value is -3.24. The van der Waals surface area contributed by atoms with Gasteiger partial charge in [-0.1, -0.05) is 61.0 Å². The first-order valence-electron chi connectivity index (χ1n) is 11.5. The zero-order valence-corrected chi connectivity index (χ0v) is 19.4. The van der Waals surface area contributed by atoms with Crippen LogP contribution in [0.15, 0.2) is 84.1 Å². The van der Waals surface area contributed by atoms with Crippen LogP contribution in [0.5, 0.6) is 5.75 Å². The van der Waals surface area contributed by atoms with Gasteiger partial charge in [0, 0.05) is 22.7 Å². The second kappa shape index (κ2) is 9.32. The maximum absolute atomic E-state index is 13.6. The molecule has 3 aromatic carbocycles. The molecule has 0 bridgehead atoms. The number of allylic oxidation sites excluding steroid dienone is 1. The first-order chi connectivity index (χ1) is 16.1. The van der Waals surface area contributed by atoms with Gasteiger partial charge in [0.15, 0.2) is 5.78 Å². The molecule has 3 aromatic rings. The largest absolute Gasteiger partial charge is 0.494 e. The number of anilines is 2. The Bertz CT molecular complexity index is 1200. The van der Waals surface area contributed by atoms with Crippen LogP contribution in [-0.4, -0.2) is 12.4 Å². The minimum absolute atomic E-state index is 0.0492. The van der Waals surface area contributed by atoms with E-state index in [9.17, 15) is 4.79 Å². The minimum atomic E-state index is -0.240. The Morgan fingerprint density at radius 3 is 2.42 bits per heavy atom. The lowest BCUT2D eigenvalue weighted by molar-refractivity contribution is -0.116. The lowest BCUT2D eigenvalue weighted by atomic mass is 9.78. The van der Waals surface area contributed by atoms with Crippen LogP contribution < -0.4 is 15.4 Å². The van der Waals surface area contributed by atoms with E-state index in [1.807, 2.05) is 60.7 Å². The van der Waals surface area contributed by atoms with Gasteiger partial charge in [-0.2, -0.15) is 0 Å². The van der Waals surface area contributed by atoms with E-state index in [0.717, 1.165) is 52.4 Å². The van der Waals surface area contributed by atoms with Crippen LogP contribution >= 0.6 is 11.6 Å². The Kier molecular flexibility index (Phi) is 6.10. The third-order valence-corrected chi connectivity index (χ3v) is 6.68. The normalized spacial score (nSPS) is 19.6. The number of rotatable bonds is 5. The standard InChI is InChI=1S/C28H27ClN2O2/c1-2-15-33-20-13-11-18(12-14-20)28-27-25(30-23-9-5-6-10-24(23)31-28)16-19(17-26(27)32)21-7-3-4-8-22(21)29/h3-14,19,28,30-31H,2,15-17H2,1H3. The third kappa shape index (κ3) is 4.36. The van der Waals surface area contributed by atoms with Gasteiger partial charge in [-0.25, -0.2) is 0 Å². The Morgan fingerprint density at radius 2 is 1.67 bits per heavy atom. The molecule has 0 saturated heterocycles. The number of para-hydroxylation sites is 2. The van der Waals surface area contributed by atoms with Crippen molar-refractivity contribution >= 4 is 28.8 Å². The van der Waals surface area contributed by atoms with Crippen molar-refractivity contribution in [3.05, 3.63) is 100 Å². The minimum Gasteiger partial charge on any atom is -0.494 e. The number of benzene rings is 3. The molecule has 0 aromatic heterocycles. The fourth-order valence-corrected chi connectivity index (χ4v) is 5.03. The first kappa shape index (κ1) is 21.6.